The van der Waals surface area contributed by atoms with Gasteiger partial charge in [-0.2, -0.15) is 0 Å². The van der Waals surface area contributed by atoms with Gasteiger partial charge in [0.25, 0.3) is 0 Å². The highest BCUT2D eigenvalue weighted by Gasteiger charge is 2.28. The molecule has 1 unspecified atom stereocenters. The molecule has 0 aliphatic heterocycles. The zero-order valence-corrected chi connectivity index (χ0v) is 11.6. The minimum atomic E-state index is -0.179. The number of allylic oxidation sites excluding steroid dienone is 6. The zero-order valence-electron chi connectivity index (χ0n) is 11.6. The van der Waals surface area contributed by atoms with E-state index in [2.05, 4.69) is 13.2 Å². The highest BCUT2D eigenvalue weighted by molar-refractivity contribution is 6.05. The average Bonchev–Trinajstić information content (AvgIpc) is 2.40. The van der Waals surface area contributed by atoms with Crippen molar-refractivity contribution in [2.24, 2.45) is 5.41 Å². The Balaban J connectivity index is 2.79. The van der Waals surface area contributed by atoms with Crippen LogP contribution in [0.3, 0.4) is 0 Å². The fraction of sp³-hybridized carbons (Fsp3) is 0.438. The molecule has 0 aromatic rings. The van der Waals surface area contributed by atoms with Gasteiger partial charge in [-0.3, -0.25) is 4.79 Å². The van der Waals surface area contributed by atoms with E-state index in [-0.39, 0.29) is 18.0 Å². The summed E-state index contributed by atoms with van der Waals surface area (Å²) in [5, 5.41) is 0. The highest BCUT2D eigenvalue weighted by atomic mass is 16.7. The van der Waals surface area contributed by atoms with E-state index in [1.165, 1.54) is 0 Å². The second-order valence-electron chi connectivity index (χ2n) is 4.65. The van der Waals surface area contributed by atoms with E-state index in [0.717, 1.165) is 18.4 Å². The molecular weight excluding hydrogens is 240 g/mol. The molecule has 0 aromatic heterocycles. The van der Waals surface area contributed by atoms with Crippen molar-refractivity contribution in [3.8, 4) is 0 Å². The van der Waals surface area contributed by atoms with Crippen LogP contribution in [-0.2, 0) is 14.3 Å². The molecule has 1 aliphatic carbocycles. The third-order valence-corrected chi connectivity index (χ3v) is 3.15. The topological polar surface area (TPSA) is 35.5 Å². The summed E-state index contributed by atoms with van der Waals surface area (Å²) in [5.74, 6) is 0.0670. The molecule has 1 atom stereocenters. The summed E-state index contributed by atoms with van der Waals surface area (Å²) in [6.45, 7) is 8.36. The summed E-state index contributed by atoms with van der Waals surface area (Å²) in [7, 11) is 1.60. The molecule has 0 saturated heterocycles. The van der Waals surface area contributed by atoms with Gasteiger partial charge in [-0.15, -0.1) is 13.2 Å². The molecule has 0 bridgehead atoms. The molecule has 0 aromatic carbocycles. The minimum Gasteiger partial charge on any atom is -0.359 e. The molecule has 0 amide bonds. The van der Waals surface area contributed by atoms with Crippen molar-refractivity contribution in [3.63, 3.8) is 0 Å². The van der Waals surface area contributed by atoms with Gasteiger partial charge < -0.3 is 9.47 Å². The van der Waals surface area contributed by atoms with Gasteiger partial charge in [-0.05, 0) is 25.3 Å². The van der Waals surface area contributed by atoms with Crippen LogP contribution in [0.2, 0.25) is 0 Å². The SMILES string of the molecule is C=CCC1=CC(CC=C)(CCOCOC)C=CC1=O. The van der Waals surface area contributed by atoms with Crippen LogP contribution in [0.4, 0.5) is 0 Å². The monoisotopic (exact) mass is 262 g/mol. The summed E-state index contributed by atoms with van der Waals surface area (Å²) in [6.07, 6.45) is 11.5. The third-order valence-electron chi connectivity index (χ3n) is 3.15. The molecule has 0 radical (unpaired) electrons. The number of methoxy groups -OCH3 is 1. The molecule has 19 heavy (non-hydrogen) atoms. The second-order valence-corrected chi connectivity index (χ2v) is 4.65. The maximum Gasteiger partial charge on any atom is 0.181 e. The van der Waals surface area contributed by atoms with Crippen LogP contribution in [0.1, 0.15) is 19.3 Å². The summed E-state index contributed by atoms with van der Waals surface area (Å²) in [6, 6.07) is 0. The number of carbonyl (C=O) groups excluding carboxylic acids is 1. The Morgan fingerprint density at radius 3 is 2.79 bits per heavy atom. The predicted molar refractivity (Wildman–Crippen MR) is 76.7 cm³/mol. The van der Waals surface area contributed by atoms with Crippen LogP contribution in [-0.4, -0.2) is 26.3 Å². The Morgan fingerprint density at radius 2 is 2.16 bits per heavy atom. The van der Waals surface area contributed by atoms with Crippen molar-refractivity contribution in [1.82, 2.24) is 0 Å². The normalized spacial score (nSPS) is 22.2. The van der Waals surface area contributed by atoms with Gasteiger partial charge in [-0.25, -0.2) is 0 Å². The Morgan fingerprint density at radius 1 is 1.37 bits per heavy atom. The fourth-order valence-electron chi connectivity index (χ4n) is 2.19. The van der Waals surface area contributed by atoms with Crippen LogP contribution in [0, 0.1) is 5.41 Å². The van der Waals surface area contributed by atoms with Gasteiger partial charge in [0.1, 0.15) is 6.79 Å². The molecule has 3 nitrogen and oxygen atoms in total. The lowest BCUT2D eigenvalue weighted by Crippen LogP contribution is -2.23. The first-order valence-corrected chi connectivity index (χ1v) is 6.41. The molecule has 0 fully saturated rings. The number of hydrogen-bond donors (Lipinski definition) is 0. The van der Waals surface area contributed by atoms with Crippen molar-refractivity contribution in [1.29, 1.82) is 0 Å². The van der Waals surface area contributed by atoms with Crippen LogP contribution >= 0.6 is 0 Å². The van der Waals surface area contributed by atoms with E-state index < -0.39 is 0 Å². The first-order chi connectivity index (χ1) is 9.17. The van der Waals surface area contributed by atoms with Gasteiger partial charge in [0.2, 0.25) is 0 Å². The number of ketones is 1. The van der Waals surface area contributed by atoms with Crippen LogP contribution in [0.15, 0.2) is 49.1 Å². The van der Waals surface area contributed by atoms with E-state index in [9.17, 15) is 4.79 Å². The van der Waals surface area contributed by atoms with Gasteiger partial charge in [0.05, 0.1) is 6.61 Å². The Labute approximate surface area is 115 Å². The molecule has 3 heteroatoms. The Bertz CT molecular complexity index is 393. The first-order valence-electron chi connectivity index (χ1n) is 6.41. The lowest BCUT2D eigenvalue weighted by Gasteiger charge is -2.29. The van der Waals surface area contributed by atoms with E-state index in [0.29, 0.717) is 13.0 Å². The van der Waals surface area contributed by atoms with Crippen molar-refractivity contribution in [2.45, 2.75) is 19.3 Å². The van der Waals surface area contributed by atoms with Gasteiger partial charge in [0, 0.05) is 18.1 Å². The summed E-state index contributed by atoms with van der Waals surface area (Å²) < 4.78 is 10.2. The summed E-state index contributed by atoms with van der Waals surface area (Å²) >= 11 is 0. The lowest BCUT2D eigenvalue weighted by molar-refractivity contribution is -0.111. The molecule has 1 rings (SSSR count). The quantitative estimate of drug-likeness (QED) is 0.363. The van der Waals surface area contributed by atoms with E-state index in [1.54, 1.807) is 19.3 Å². The zero-order chi connectivity index (χ0) is 14.1. The van der Waals surface area contributed by atoms with Crippen LogP contribution < -0.4 is 0 Å². The van der Waals surface area contributed by atoms with Crippen molar-refractivity contribution in [3.05, 3.63) is 49.1 Å². The highest BCUT2D eigenvalue weighted by Crippen LogP contribution is 2.36. The smallest absolute Gasteiger partial charge is 0.181 e. The van der Waals surface area contributed by atoms with Gasteiger partial charge >= 0.3 is 0 Å². The number of carbonyl (C=O) groups is 1. The van der Waals surface area contributed by atoms with Crippen molar-refractivity contribution < 1.29 is 14.3 Å². The Hall–Kier alpha value is -1.45. The van der Waals surface area contributed by atoms with Crippen molar-refractivity contribution in [2.75, 3.05) is 20.5 Å². The maximum absolute atomic E-state index is 11.8. The summed E-state index contributed by atoms with van der Waals surface area (Å²) in [4.78, 5) is 11.8. The number of rotatable bonds is 9. The number of ether oxygens (including phenoxy) is 2. The van der Waals surface area contributed by atoms with Gasteiger partial charge in [0.15, 0.2) is 5.78 Å². The van der Waals surface area contributed by atoms with Crippen LogP contribution in [0.25, 0.3) is 0 Å². The first kappa shape index (κ1) is 15.6. The largest absolute Gasteiger partial charge is 0.359 e. The predicted octanol–water partition coefficient (Wildman–Crippen LogP) is 3.20. The standard InChI is InChI=1S/C16H22O3/c1-4-6-14-12-16(8-5-2,9-7-15(14)17)10-11-19-13-18-3/h4-5,7,9,12H,1-2,6,8,10-11,13H2,3H3. The van der Waals surface area contributed by atoms with Crippen molar-refractivity contribution >= 4 is 5.78 Å². The third kappa shape index (κ3) is 4.62. The molecule has 0 heterocycles. The molecule has 104 valence electrons. The molecule has 0 saturated carbocycles. The van der Waals surface area contributed by atoms with E-state index in [4.69, 9.17) is 9.47 Å². The van der Waals surface area contributed by atoms with E-state index in [1.807, 2.05) is 18.2 Å². The average molecular weight is 262 g/mol. The fourth-order valence-corrected chi connectivity index (χ4v) is 2.19. The van der Waals surface area contributed by atoms with Crippen LogP contribution in [0.5, 0.6) is 0 Å². The molecule has 0 N–H and O–H groups in total. The molecule has 0 spiro atoms. The maximum atomic E-state index is 11.8. The number of hydrogen-bond acceptors (Lipinski definition) is 3. The lowest BCUT2D eigenvalue weighted by atomic mass is 9.75. The van der Waals surface area contributed by atoms with E-state index >= 15 is 0 Å². The Kier molecular flexibility index (Phi) is 6.46. The van der Waals surface area contributed by atoms with Gasteiger partial charge in [-0.1, -0.05) is 24.3 Å². The molecule has 1 aliphatic rings. The minimum absolute atomic E-state index is 0.0670. The molecular formula is C16H22O3. The summed E-state index contributed by atoms with van der Waals surface area (Å²) in [5.41, 5.74) is 0.618. The second kappa shape index (κ2) is 7.87.